The number of hydrogen-bond acceptors (Lipinski definition) is 4. The monoisotopic (exact) mass is 471 g/mol. The van der Waals surface area contributed by atoms with Gasteiger partial charge in [0.2, 0.25) is 10.0 Å². The third-order valence-electron chi connectivity index (χ3n) is 8.09. The van der Waals surface area contributed by atoms with E-state index in [4.69, 9.17) is 0 Å². The predicted molar refractivity (Wildman–Crippen MR) is 132 cm³/mol. The van der Waals surface area contributed by atoms with Crippen molar-refractivity contribution in [3.8, 4) is 0 Å². The fourth-order valence-electron chi connectivity index (χ4n) is 6.04. The Bertz CT molecular complexity index is 1140. The molecule has 1 saturated carbocycles. The number of benzene rings is 1. The lowest BCUT2D eigenvalue weighted by molar-refractivity contribution is 0.0697. The molecule has 33 heavy (non-hydrogen) atoms. The molecule has 0 spiro atoms. The zero-order valence-electron chi connectivity index (χ0n) is 20.1. The number of aromatic nitrogens is 1. The lowest BCUT2D eigenvalue weighted by Gasteiger charge is -2.30. The number of hydrogen-bond donors (Lipinski definition) is 0. The maximum Gasteiger partial charge on any atom is 0.253 e. The minimum atomic E-state index is -3.43. The molecule has 0 atom stereocenters. The van der Waals surface area contributed by atoms with Gasteiger partial charge in [0, 0.05) is 43.7 Å². The molecule has 2 aliphatic heterocycles. The van der Waals surface area contributed by atoms with Crippen LogP contribution in [0.5, 0.6) is 0 Å². The second-order valence-electron chi connectivity index (χ2n) is 10.5. The summed E-state index contributed by atoms with van der Waals surface area (Å²) >= 11 is 0. The lowest BCUT2D eigenvalue weighted by Crippen LogP contribution is -2.37. The molecule has 5 rings (SSSR count). The number of nitrogens with zero attached hydrogens (tertiary/aromatic N) is 3. The van der Waals surface area contributed by atoms with Gasteiger partial charge in [0.05, 0.1) is 17.0 Å². The van der Waals surface area contributed by atoms with Crippen molar-refractivity contribution in [2.45, 2.75) is 71.9 Å². The summed E-state index contributed by atoms with van der Waals surface area (Å²) in [4.78, 5) is 17.6. The Kier molecular flexibility index (Phi) is 6.29. The summed E-state index contributed by atoms with van der Waals surface area (Å²) in [6.45, 7) is 8.03. The summed E-state index contributed by atoms with van der Waals surface area (Å²) in [5.41, 5.74) is 3.40. The van der Waals surface area contributed by atoms with Gasteiger partial charge >= 0.3 is 0 Å². The van der Waals surface area contributed by atoms with Gasteiger partial charge in [0.25, 0.3) is 5.91 Å². The van der Waals surface area contributed by atoms with Crippen LogP contribution in [0.2, 0.25) is 0 Å². The molecule has 7 heteroatoms. The number of likely N-dealkylation sites (tertiary alicyclic amines) is 1. The zero-order valence-corrected chi connectivity index (χ0v) is 20.9. The smallest absolute Gasteiger partial charge is 0.253 e. The molecule has 1 saturated heterocycles. The number of fused-ring (bicyclic) bond motifs is 3. The van der Waals surface area contributed by atoms with Crippen molar-refractivity contribution in [2.24, 2.45) is 11.8 Å². The highest BCUT2D eigenvalue weighted by molar-refractivity contribution is 7.90. The lowest BCUT2D eigenvalue weighted by atomic mass is 9.89. The fourth-order valence-corrected chi connectivity index (χ4v) is 7.26. The standard InChI is InChI=1S/C26H37N3O3S/c1-3-33(31,32)29-24-10-9-21(26(30)28-13-11-19(2)12-14-28)15-22(24)23-17-27(18-25(23)29)16-20-7-5-4-6-8-20/h9-10,15,19-20H,3-8,11-14,16-18H2,1-2H3. The van der Waals surface area contributed by atoms with Crippen LogP contribution in [0.3, 0.4) is 0 Å². The summed E-state index contributed by atoms with van der Waals surface area (Å²) in [7, 11) is -3.43. The highest BCUT2D eigenvalue weighted by atomic mass is 32.2. The summed E-state index contributed by atoms with van der Waals surface area (Å²) < 4.78 is 27.8. The maximum atomic E-state index is 13.2. The third-order valence-corrected chi connectivity index (χ3v) is 9.79. The van der Waals surface area contributed by atoms with E-state index in [0.717, 1.165) is 61.2 Å². The fraction of sp³-hybridized carbons (Fsp3) is 0.654. The number of rotatable bonds is 5. The molecule has 0 bridgehead atoms. The largest absolute Gasteiger partial charge is 0.339 e. The first-order chi connectivity index (χ1) is 15.9. The van der Waals surface area contributed by atoms with Crippen molar-refractivity contribution in [1.29, 1.82) is 0 Å². The summed E-state index contributed by atoms with van der Waals surface area (Å²) in [6.07, 6.45) is 8.62. The van der Waals surface area contributed by atoms with Crippen molar-refractivity contribution < 1.29 is 13.2 Å². The minimum absolute atomic E-state index is 0.0679. The van der Waals surface area contributed by atoms with Crippen LogP contribution in [-0.2, 0) is 23.1 Å². The highest BCUT2D eigenvalue weighted by Crippen LogP contribution is 2.37. The molecular formula is C26H37N3O3S. The predicted octanol–water partition coefficient (Wildman–Crippen LogP) is 4.61. The van der Waals surface area contributed by atoms with Crippen LogP contribution in [0.25, 0.3) is 10.9 Å². The Morgan fingerprint density at radius 2 is 1.76 bits per heavy atom. The summed E-state index contributed by atoms with van der Waals surface area (Å²) in [6, 6.07) is 5.63. The Morgan fingerprint density at radius 3 is 2.45 bits per heavy atom. The van der Waals surface area contributed by atoms with E-state index in [1.54, 1.807) is 10.9 Å². The molecule has 6 nitrogen and oxygen atoms in total. The molecule has 2 aromatic rings. The summed E-state index contributed by atoms with van der Waals surface area (Å²) in [5, 5.41) is 0.935. The molecular weight excluding hydrogens is 434 g/mol. The Labute approximate surface area is 198 Å². The van der Waals surface area contributed by atoms with Crippen LogP contribution in [0.15, 0.2) is 18.2 Å². The highest BCUT2D eigenvalue weighted by Gasteiger charge is 2.33. The van der Waals surface area contributed by atoms with Crippen LogP contribution in [0.1, 0.15) is 80.4 Å². The van der Waals surface area contributed by atoms with Crippen LogP contribution in [0.4, 0.5) is 0 Å². The Balaban J connectivity index is 1.49. The molecule has 0 radical (unpaired) electrons. The Hall–Kier alpha value is -1.86. The van der Waals surface area contributed by atoms with E-state index in [9.17, 15) is 13.2 Å². The van der Waals surface area contributed by atoms with Gasteiger partial charge in [0.1, 0.15) is 0 Å². The minimum Gasteiger partial charge on any atom is -0.339 e. The number of piperidine rings is 1. The van der Waals surface area contributed by atoms with E-state index < -0.39 is 10.0 Å². The molecule has 1 aromatic heterocycles. The van der Waals surface area contributed by atoms with Gasteiger partial charge in [-0.1, -0.05) is 26.2 Å². The van der Waals surface area contributed by atoms with Crippen LogP contribution < -0.4 is 0 Å². The summed E-state index contributed by atoms with van der Waals surface area (Å²) in [5.74, 6) is 1.52. The average molecular weight is 472 g/mol. The van der Waals surface area contributed by atoms with Gasteiger partial charge in [-0.2, -0.15) is 0 Å². The first-order valence-electron chi connectivity index (χ1n) is 12.8. The quantitative estimate of drug-likeness (QED) is 0.639. The van der Waals surface area contributed by atoms with E-state index in [1.807, 2.05) is 23.1 Å². The van der Waals surface area contributed by atoms with E-state index in [1.165, 1.54) is 32.1 Å². The van der Waals surface area contributed by atoms with Gasteiger partial charge in [-0.25, -0.2) is 12.4 Å². The maximum absolute atomic E-state index is 13.2. The van der Waals surface area contributed by atoms with E-state index >= 15 is 0 Å². The molecule has 0 unspecified atom stereocenters. The topological polar surface area (TPSA) is 62.6 Å². The van der Waals surface area contributed by atoms with Crippen molar-refractivity contribution >= 4 is 26.8 Å². The molecule has 3 aliphatic rings. The van der Waals surface area contributed by atoms with E-state index in [0.29, 0.717) is 23.9 Å². The molecule has 1 amide bonds. The zero-order chi connectivity index (χ0) is 23.2. The van der Waals surface area contributed by atoms with Crippen LogP contribution >= 0.6 is 0 Å². The number of amides is 1. The van der Waals surface area contributed by atoms with Gasteiger partial charge < -0.3 is 4.90 Å². The van der Waals surface area contributed by atoms with Gasteiger partial charge in [-0.3, -0.25) is 9.69 Å². The van der Waals surface area contributed by atoms with Crippen LogP contribution in [-0.4, -0.2) is 53.5 Å². The van der Waals surface area contributed by atoms with Crippen molar-refractivity contribution in [1.82, 2.24) is 13.8 Å². The van der Waals surface area contributed by atoms with Crippen molar-refractivity contribution in [3.63, 3.8) is 0 Å². The normalized spacial score (nSPS) is 21.1. The SMILES string of the molecule is CCS(=O)(=O)n1c2c(c3cc(C(=O)N4CCC(C)CC4)ccc31)CN(CC1CCCCC1)C2. The third kappa shape index (κ3) is 4.34. The first kappa shape index (κ1) is 22.9. The van der Waals surface area contributed by atoms with Gasteiger partial charge in [-0.15, -0.1) is 0 Å². The van der Waals surface area contributed by atoms with E-state index in [-0.39, 0.29) is 11.7 Å². The second-order valence-corrected chi connectivity index (χ2v) is 12.6. The molecule has 180 valence electrons. The molecule has 3 heterocycles. The van der Waals surface area contributed by atoms with Crippen molar-refractivity contribution in [2.75, 3.05) is 25.4 Å². The Morgan fingerprint density at radius 1 is 1.03 bits per heavy atom. The molecule has 0 N–H and O–H groups in total. The molecule has 1 aromatic carbocycles. The van der Waals surface area contributed by atoms with E-state index in [2.05, 4.69) is 11.8 Å². The van der Waals surface area contributed by atoms with Gasteiger partial charge in [0.15, 0.2) is 0 Å². The van der Waals surface area contributed by atoms with Crippen LogP contribution in [0, 0.1) is 11.8 Å². The number of carbonyl (C=O) groups is 1. The molecule has 2 fully saturated rings. The van der Waals surface area contributed by atoms with Crippen molar-refractivity contribution in [3.05, 3.63) is 35.0 Å². The first-order valence-corrected chi connectivity index (χ1v) is 14.4. The average Bonchev–Trinajstić information content (AvgIpc) is 3.35. The molecule has 1 aliphatic carbocycles. The van der Waals surface area contributed by atoms with Gasteiger partial charge in [-0.05, 0) is 68.2 Å². The number of carbonyl (C=O) groups excluding carboxylic acids is 1. The second kappa shape index (κ2) is 9.06.